The maximum Gasteiger partial charge on any atom is 0.0675 e. The summed E-state index contributed by atoms with van der Waals surface area (Å²) in [5, 5.41) is 0. The third-order valence-electron chi connectivity index (χ3n) is 0. The van der Waals surface area contributed by atoms with Gasteiger partial charge in [0, 0.05) is 0 Å². The van der Waals surface area contributed by atoms with E-state index >= 15 is 0 Å². The van der Waals surface area contributed by atoms with Gasteiger partial charge in [0.2, 0.25) is 0 Å². The summed E-state index contributed by atoms with van der Waals surface area (Å²) in [6.07, 6.45) is 0. The molecule has 0 saturated carbocycles. The summed E-state index contributed by atoms with van der Waals surface area (Å²) in [7, 11) is 8.50. The van der Waals surface area contributed by atoms with Crippen molar-refractivity contribution in [3.63, 3.8) is 0 Å². The van der Waals surface area contributed by atoms with E-state index in [0.717, 1.165) is 4.48 Å². The largest absolute Gasteiger partial charge is 0.333 e. The lowest BCUT2D eigenvalue weighted by Crippen LogP contribution is -2.27. The molecule has 0 unspecified atom stereocenters. The normalized spacial score (nSPS) is 10.0. The average molecular weight is 90.2 g/mol. The van der Waals surface area contributed by atoms with Gasteiger partial charge in [-0.15, -0.1) is 0 Å². The number of hydrogen-bond donors (Lipinski definition) is 0. The van der Waals surface area contributed by atoms with Gasteiger partial charge in [-0.05, 0) is 0 Å². The van der Waals surface area contributed by atoms with Crippen LogP contribution in [-0.4, -0.2) is 32.7 Å². The fourth-order valence-electron chi connectivity index (χ4n) is 0. The van der Waals surface area contributed by atoms with Crippen LogP contribution in [0.1, 0.15) is 7.43 Å². The second kappa shape index (κ2) is 2.19. The molecule has 0 aromatic rings. The first-order valence-electron chi connectivity index (χ1n) is 1.79. The molecule has 0 atom stereocenters. The Labute approximate surface area is 41.2 Å². The first-order valence-corrected chi connectivity index (χ1v) is 1.79. The molecule has 0 N–H and O–H groups in total. The number of rotatable bonds is 0. The Hall–Kier alpha value is -0.0400. The number of hydrogen-bond acceptors (Lipinski definition) is 0. The van der Waals surface area contributed by atoms with Crippen molar-refractivity contribution >= 4 is 0 Å². The molecule has 0 aliphatic rings. The Bertz CT molecular complexity index is 19.4. The summed E-state index contributed by atoms with van der Waals surface area (Å²) in [5.74, 6) is 0. The van der Waals surface area contributed by atoms with Gasteiger partial charge in [-0.2, -0.15) is 0 Å². The zero-order valence-corrected chi connectivity index (χ0v) is 4.45. The Kier molecular flexibility index (Phi) is 3.41. The highest BCUT2D eigenvalue weighted by Gasteiger charge is 1.88. The predicted molar refractivity (Wildman–Crippen MR) is 30.7 cm³/mol. The third kappa shape index (κ3) is 21700. The van der Waals surface area contributed by atoms with Gasteiger partial charge < -0.3 is 4.48 Å². The third-order valence-corrected chi connectivity index (χ3v) is 0. The van der Waals surface area contributed by atoms with Crippen LogP contribution in [0.2, 0.25) is 0 Å². The fourth-order valence-corrected chi connectivity index (χ4v) is 0. The molecule has 6 heavy (non-hydrogen) atoms. The molecule has 0 spiro atoms. The highest BCUT2D eigenvalue weighted by molar-refractivity contribution is 3.87. The Morgan fingerprint density at radius 3 is 0.833 bits per heavy atom. The van der Waals surface area contributed by atoms with Gasteiger partial charge in [-0.25, -0.2) is 0 Å². The Morgan fingerprint density at radius 1 is 0.833 bits per heavy atom. The van der Waals surface area contributed by atoms with E-state index in [9.17, 15) is 0 Å². The Morgan fingerprint density at radius 2 is 0.833 bits per heavy atom. The van der Waals surface area contributed by atoms with Crippen molar-refractivity contribution in [2.45, 2.75) is 7.43 Å². The summed E-state index contributed by atoms with van der Waals surface area (Å²) in [6.45, 7) is 0. The van der Waals surface area contributed by atoms with Crippen LogP contribution >= 0.6 is 0 Å². The van der Waals surface area contributed by atoms with Crippen LogP contribution in [0.3, 0.4) is 0 Å². The van der Waals surface area contributed by atoms with E-state index in [-0.39, 0.29) is 7.43 Å². The molecular weight excluding hydrogens is 74.1 g/mol. The van der Waals surface area contributed by atoms with E-state index in [0.29, 0.717) is 0 Å². The summed E-state index contributed by atoms with van der Waals surface area (Å²) in [4.78, 5) is 0. The molecule has 0 heterocycles. The summed E-state index contributed by atoms with van der Waals surface area (Å²) >= 11 is 0. The van der Waals surface area contributed by atoms with Crippen LogP contribution < -0.4 is 0 Å². The van der Waals surface area contributed by atoms with Crippen molar-refractivity contribution in [3.05, 3.63) is 0 Å². The zero-order chi connectivity index (χ0) is 4.50. The molecule has 1 heteroatoms. The molecule has 40 valence electrons. The second-order valence-electron chi connectivity index (χ2n) is 2.68. The van der Waals surface area contributed by atoms with Crippen molar-refractivity contribution < 1.29 is 4.48 Å². The summed E-state index contributed by atoms with van der Waals surface area (Å²) < 4.78 is 1.00. The molecular formula is C5H16N+. The summed E-state index contributed by atoms with van der Waals surface area (Å²) in [5.41, 5.74) is 0. The first-order chi connectivity index (χ1) is 2.00. The molecule has 1 nitrogen and oxygen atoms in total. The summed E-state index contributed by atoms with van der Waals surface area (Å²) in [6, 6.07) is 0. The number of nitrogens with zero attached hydrogens (tertiary/aromatic N) is 1. The maximum atomic E-state index is 2.12. The molecule has 0 aliphatic carbocycles. The van der Waals surface area contributed by atoms with Crippen LogP contribution in [0.5, 0.6) is 0 Å². The van der Waals surface area contributed by atoms with Crippen LogP contribution in [-0.2, 0) is 0 Å². The molecule has 0 amide bonds. The van der Waals surface area contributed by atoms with Gasteiger partial charge in [-0.1, -0.05) is 7.43 Å². The molecule has 0 radical (unpaired) electrons. The highest BCUT2D eigenvalue weighted by atomic mass is 15.2. The van der Waals surface area contributed by atoms with E-state index in [1.165, 1.54) is 0 Å². The minimum absolute atomic E-state index is 0. The first kappa shape index (κ1) is 9.35. The van der Waals surface area contributed by atoms with Gasteiger partial charge in [0.1, 0.15) is 0 Å². The zero-order valence-electron chi connectivity index (χ0n) is 4.45. The van der Waals surface area contributed by atoms with Crippen molar-refractivity contribution in [1.29, 1.82) is 0 Å². The van der Waals surface area contributed by atoms with E-state index in [2.05, 4.69) is 28.2 Å². The average Bonchev–Trinajstić information content (AvgIpc) is 0.722. The molecule has 0 aromatic carbocycles. The van der Waals surface area contributed by atoms with Crippen molar-refractivity contribution in [2.24, 2.45) is 0 Å². The molecule has 0 rings (SSSR count). The van der Waals surface area contributed by atoms with Gasteiger partial charge in [-0.3, -0.25) is 0 Å². The second-order valence-corrected chi connectivity index (χ2v) is 2.68. The SMILES string of the molecule is C.C[N+](C)(C)C. The van der Waals surface area contributed by atoms with Crippen molar-refractivity contribution in [3.8, 4) is 0 Å². The molecule has 0 bridgehead atoms. The molecule has 0 aromatic heterocycles. The van der Waals surface area contributed by atoms with E-state index in [1.54, 1.807) is 0 Å². The quantitative estimate of drug-likeness (QED) is 0.389. The standard InChI is InChI=1S/C4H12N.CH4/c1-5(2,3)4;/h1-4H3;1H4/q+1;. The fraction of sp³-hybridized carbons (Fsp3) is 1.00. The lowest BCUT2D eigenvalue weighted by atomic mass is 10.8. The van der Waals surface area contributed by atoms with Gasteiger partial charge in [0.05, 0.1) is 28.2 Å². The van der Waals surface area contributed by atoms with E-state index in [4.69, 9.17) is 0 Å². The maximum absolute atomic E-state index is 2.12. The van der Waals surface area contributed by atoms with Crippen LogP contribution in [0, 0.1) is 0 Å². The minimum atomic E-state index is 0. The lowest BCUT2D eigenvalue weighted by molar-refractivity contribution is -0.849. The van der Waals surface area contributed by atoms with Crippen molar-refractivity contribution in [2.75, 3.05) is 28.2 Å². The lowest BCUT2D eigenvalue weighted by Gasteiger charge is -2.14. The van der Waals surface area contributed by atoms with Gasteiger partial charge in [0.25, 0.3) is 0 Å². The molecule has 0 aliphatic heterocycles. The monoisotopic (exact) mass is 90.1 g/mol. The van der Waals surface area contributed by atoms with Crippen LogP contribution in [0.25, 0.3) is 0 Å². The molecule has 0 saturated heterocycles. The minimum Gasteiger partial charge on any atom is -0.333 e. The Balaban J connectivity index is 0. The van der Waals surface area contributed by atoms with Gasteiger partial charge in [0.15, 0.2) is 0 Å². The predicted octanol–water partition coefficient (Wildman–Crippen LogP) is 0.958. The van der Waals surface area contributed by atoms with Crippen molar-refractivity contribution in [1.82, 2.24) is 0 Å². The van der Waals surface area contributed by atoms with Gasteiger partial charge >= 0.3 is 0 Å². The molecule has 0 fully saturated rings. The van der Waals surface area contributed by atoms with E-state index < -0.39 is 0 Å². The highest BCUT2D eigenvalue weighted by Crippen LogP contribution is 1.73. The van der Waals surface area contributed by atoms with Crippen LogP contribution in [0.15, 0.2) is 0 Å². The smallest absolute Gasteiger partial charge is 0.0675 e. The number of quaternary nitrogens is 1. The topological polar surface area (TPSA) is 0 Å². The van der Waals surface area contributed by atoms with E-state index in [1.807, 2.05) is 0 Å². The van der Waals surface area contributed by atoms with Crippen LogP contribution in [0.4, 0.5) is 0 Å².